The van der Waals surface area contributed by atoms with Gasteiger partial charge in [-0.15, -0.1) is 0 Å². The number of methoxy groups -OCH3 is 1. The molecular formula is C13H15FO3. The van der Waals surface area contributed by atoms with Gasteiger partial charge in [-0.25, -0.2) is 4.39 Å². The Morgan fingerprint density at radius 2 is 2.06 bits per heavy atom. The average molecular weight is 238 g/mol. The summed E-state index contributed by atoms with van der Waals surface area (Å²) in [5, 5.41) is 0. The van der Waals surface area contributed by atoms with E-state index in [4.69, 9.17) is 4.74 Å². The molecule has 17 heavy (non-hydrogen) atoms. The average Bonchev–Trinajstić information content (AvgIpc) is 2.35. The molecule has 0 N–H and O–H groups in total. The van der Waals surface area contributed by atoms with E-state index in [-0.39, 0.29) is 11.8 Å². The second kappa shape index (κ2) is 6.78. The number of benzene rings is 1. The van der Waals surface area contributed by atoms with Gasteiger partial charge in [-0.2, -0.15) is 0 Å². The molecule has 1 rings (SSSR count). The van der Waals surface area contributed by atoms with Crippen molar-refractivity contribution in [3.05, 3.63) is 35.6 Å². The molecule has 1 atom stereocenters. The van der Waals surface area contributed by atoms with Crippen molar-refractivity contribution >= 4 is 12.3 Å². The third-order valence-electron chi connectivity index (χ3n) is 2.57. The Labute approximate surface area is 99.6 Å². The summed E-state index contributed by atoms with van der Waals surface area (Å²) in [6.07, 6.45) is 2.37. The molecule has 0 bridgehead atoms. The summed E-state index contributed by atoms with van der Waals surface area (Å²) in [5.74, 6) is -1.13. The van der Waals surface area contributed by atoms with Crippen LogP contribution >= 0.6 is 0 Å². The number of aldehydes is 1. The number of esters is 1. The second-order valence-electron chi connectivity index (χ2n) is 3.72. The maximum Gasteiger partial charge on any atom is 0.313 e. The van der Waals surface area contributed by atoms with Crippen LogP contribution < -0.4 is 0 Å². The fourth-order valence-corrected chi connectivity index (χ4v) is 1.66. The van der Waals surface area contributed by atoms with Crippen LogP contribution in [0.3, 0.4) is 0 Å². The van der Waals surface area contributed by atoms with E-state index in [0.29, 0.717) is 24.8 Å². The highest BCUT2D eigenvalue weighted by molar-refractivity contribution is 5.78. The van der Waals surface area contributed by atoms with Crippen molar-refractivity contribution in [1.82, 2.24) is 0 Å². The van der Waals surface area contributed by atoms with Gasteiger partial charge >= 0.3 is 5.97 Å². The van der Waals surface area contributed by atoms with Gasteiger partial charge in [-0.1, -0.05) is 12.1 Å². The number of hydrogen-bond acceptors (Lipinski definition) is 3. The highest BCUT2D eigenvalue weighted by atomic mass is 19.1. The first-order valence-electron chi connectivity index (χ1n) is 5.46. The normalized spacial score (nSPS) is 11.9. The maximum absolute atomic E-state index is 12.8. The largest absolute Gasteiger partial charge is 0.469 e. The van der Waals surface area contributed by atoms with E-state index in [1.807, 2.05) is 0 Å². The molecule has 92 valence electrons. The first-order chi connectivity index (χ1) is 8.19. The third-order valence-corrected chi connectivity index (χ3v) is 2.57. The molecule has 0 radical (unpaired) electrons. The van der Waals surface area contributed by atoms with Gasteiger partial charge in [-0.05, 0) is 30.5 Å². The summed E-state index contributed by atoms with van der Waals surface area (Å²) in [6.45, 7) is 0. The molecule has 0 saturated heterocycles. The predicted molar refractivity (Wildman–Crippen MR) is 61.1 cm³/mol. The monoisotopic (exact) mass is 238 g/mol. The van der Waals surface area contributed by atoms with Crippen LogP contribution in [-0.2, 0) is 14.3 Å². The molecule has 1 aromatic carbocycles. The van der Waals surface area contributed by atoms with Gasteiger partial charge in [0.15, 0.2) is 0 Å². The van der Waals surface area contributed by atoms with Gasteiger partial charge in [0.05, 0.1) is 13.0 Å². The van der Waals surface area contributed by atoms with Crippen molar-refractivity contribution in [1.29, 1.82) is 0 Å². The molecule has 1 unspecified atom stereocenters. The Balaban J connectivity index is 2.78. The number of hydrogen-bond donors (Lipinski definition) is 0. The molecule has 4 heteroatoms. The smallest absolute Gasteiger partial charge is 0.313 e. The van der Waals surface area contributed by atoms with E-state index in [1.54, 1.807) is 12.1 Å². The molecular weight excluding hydrogens is 223 g/mol. The predicted octanol–water partition coefficient (Wildman–Crippen LogP) is 2.45. The highest BCUT2D eigenvalue weighted by Crippen LogP contribution is 2.23. The van der Waals surface area contributed by atoms with Crippen molar-refractivity contribution in [2.24, 2.45) is 0 Å². The SMILES string of the molecule is COC(=O)C(CCCC=O)c1ccc(F)cc1. The Kier molecular flexibility index (Phi) is 5.33. The number of carbonyl (C=O) groups is 2. The zero-order valence-electron chi connectivity index (χ0n) is 9.69. The molecule has 1 aromatic rings. The van der Waals surface area contributed by atoms with Crippen molar-refractivity contribution < 1.29 is 18.7 Å². The molecule has 0 aromatic heterocycles. The molecule has 0 heterocycles. The minimum absolute atomic E-state index is 0.342. The van der Waals surface area contributed by atoms with Crippen LogP contribution in [0.2, 0.25) is 0 Å². The van der Waals surface area contributed by atoms with E-state index in [9.17, 15) is 14.0 Å². The molecule has 0 amide bonds. The van der Waals surface area contributed by atoms with Crippen LogP contribution in [0.1, 0.15) is 30.7 Å². The molecule has 0 spiro atoms. The first-order valence-corrected chi connectivity index (χ1v) is 5.46. The topological polar surface area (TPSA) is 43.4 Å². The van der Waals surface area contributed by atoms with Gasteiger partial charge in [0.1, 0.15) is 12.1 Å². The van der Waals surface area contributed by atoms with Gasteiger partial charge in [0, 0.05) is 6.42 Å². The summed E-state index contributed by atoms with van der Waals surface area (Å²) in [5.41, 5.74) is 0.712. The lowest BCUT2D eigenvalue weighted by Crippen LogP contribution is -2.14. The fourth-order valence-electron chi connectivity index (χ4n) is 1.66. The molecule has 0 aliphatic carbocycles. The molecule has 0 aliphatic rings. The van der Waals surface area contributed by atoms with Gasteiger partial charge < -0.3 is 9.53 Å². The lowest BCUT2D eigenvalue weighted by Gasteiger charge is -2.14. The van der Waals surface area contributed by atoms with E-state index >= 15 is 0 Å². The minimum Gasteiger partial charge on any atom is -0.469 e. The molecule has 3 nitrogen and oxygen atoms in total. The summed E-state index contributed by atoms with van der Waals surface area (Å²) in [7, 11) is 1.32. The zero-order chi connectivity index (χ0) is 12.7. The minimum atomic E-state index is -0.430. The third kappa shape index (κ3) is 3.98. The van der Waals surface area contributed by atoms with Crippen LogP contribution in [0.25, 0.3) is 0 Å². The van der Waals surface area contributed by atoms with Crippen molar-refractivity contribution in [2.45, 2.75) is 25.2 Å². The Morgan fingerprint density at radius 3 is 2.59 bits per heavy atom. The van der Waals surface area contributed by atoms with Gasteiger partial charge in [-0.3, -0.25) is 4.79 Å². The second-order valence-corrected chi connectivity index (χ2v) is 3.72. The lowest BCUT2D eigenvalue weighted by atomic mass is 9.94. The molecule has 0 saturated carbocycles. The number of ether oxygens (including phenoxy) is 1. The van der Waals surface area contributed by atoms with Crippen LogP contribution in [0.4, 0.5) is 4.39 Å². The van der Waals surface area contributed by atoms with Gasteiger partial charge in [0.2, 0.25) is 0 Å². The van der Waals surface area contributed by atoms with Crippen LogP contribution in [-0.4, -0.2) is 19.4 Å². The van der Waals surface area contributed by atoms with Crippen molar-refractivity contribution in [3.63, 3.8) is 0 Å². The van der Waals surface area contributed by atoms with Gasteiger partial charge in [0.25, 0.3) is 0 Å². The fraction of sp³-hybridized carbons (Fsp3) is 0.385. The summed E-state index contributed by atoms with van der Waals surface area (Å²) in [6, 6.07) is 5.76. The zero-order valence-corrected chi connectivity index (χ0v) is 9.69. The Hall–Kier alpha value is -1.71. The van der Waals surface area contributed by atoms with E-state index in [0.717, 1.165) is 6.29 Å². The maximum atomic E-state index is 12.8. The van der Waals surface area contributed by atoms with Crippen molar-refractivity contribution in [2.75, 3.05) is 7.11 Å². The van der Waals surface area contributed by atoms with E-state index in [1.165, 1.54) is 19.2 Å². The first kappa shape index (κ1) is 13.4. The number of rotatable bonds is 6. The van der Waals surface area contributed by atoms with Crippen LogP contribution in [0.5, 0.6) is 0 Å². The van der Waals surface area contributed by atoms with Crippen molar-refractivity contribution in [3.8, 4) is 0 Å². The number of carbonyl (C=O) groups excluding carboxylic acids is 2. The highest BCUT2D eigenvalue weighted by Gasteiger charge is 2.20. The van der Waals surface area contributed by atoms with Crippen LogP contribution in [0, 0.1) is 5.82 Å². The number of halogens is 1. The van der Waals surface area contributed by atoms with Crippen LogP contribution in [0.15, 0.2) is 24.3 Å². The Morgan fingerprint density at radius 1 is 1.41 bits per heavy atom. The van der Waals surface area contributed by atoms with E-state index in [2.05, 4.69) is 0 Å². The summed E-state index contributed by atoms with van der Waals surface area (Å²) >= 11 is 0. The molecule has 0 aliphatic heterocycles. The quantitative estimate of drug-likeness (QED) is 0.434. The molecule has 0 fully saturated rings. The standard InChI is InChI=1S/C13H15FO3/c1-17-13(16)12(4-2-3-9-15)10-5-7-11(14)8-6-10/h5-9,12H,2-4H2,1H3. The summed E-state index contributed by atoms with van der Waals surface area (Å²) in [4.78, 5) is 21.8. The Bertz CT molecular complexity index is 373. The summed E-state index contributed by atoms with van der Waals surface area (Å²) < 4.78 is 17.5. The lowest BCUT2D eigenvalue weighted by molar-refractivity contribution is -0.142. The van der Waals surface area contributed by atoms with E-state index < -0.39 is 5.92 Å². The number of unbranched alkanes of at least 4 members (excludes halogenated alkanes) is 1.